The average Bonchev–Trinajstić information content (AvgIpc) is 2.71. The fourth-order valence-electron chi connectivity index (χ4n) is 3.19. The summed E-state index contributed by atoms with van der Waals surface area (Å²) >= 11 is 0. The van der Waals surface area contributed by atoms with Gasteiger partial charge < -0.3 is 4.74 Å². The SMILES string of the molecule is CCC/C=C/c1cc(/C=C/CCC)c(Cc2ccccc2)c(CC(=O)OC)c1. The zero-order valence-electron chi connectivity index (χ0n) is 17.4. The number of carbonyl (C=O) groups is 1. The first-order valence-electron chi connectivity index (χ1n) is 10.3. The van der Waals surface area contributed by atoms with Gasteiger partial charge in [0.2, 0.25) is 0 Å². The molecule has 0 aliphatic rings. The molecular weight excluding hydrogens is 344 g/mol. The fraction of sp³-hybridized carbons (Fsp3) is 0.346. The van der Waals surface area contributed by atoms with Gasteiger partial charge in [0.15, 0.2) is 0 Å². The van der Waals surface area contributed by atoms with E-state index in [9.17, 15) is 4.79 Å². The predicted octanol–water partition coefficient (Wildman–Crippen LogP) is 6.62. The second kappa shape index (κ2) is 12.0. The summed E-state index contributed by atoms with van der Waals surface area (Å²) < 4.78 is 4.96. The lowest BCUT2D eigenvalue weighted by molar-refractivity contribution is -0.139. The summed E-state index contributed by atoms with van der Waals surface area (Å²) in [6.45, 7) is 4.36. The second-order valence-electron chi connectivity index (χ2n) is 7.05. The molecule has 0 fully saturated rings. The Kier molecular flexibility index (Phi) is 9.27. The first kappa shape index (κ1) is 21.7. The summed E-state index contributed by atoms with van der Waals surface area (Å²) in [5.41, 5.74) is 5.82. The lowest BCUT2D eigenvalue weighted by atomic mass is 9.90. The number of hydrogen-bond donors (Lipinski definition) is 0. The van der Waals surface area contributed by atoms with Crippen molar-refractivity contribution in [1.29, 1.82) is 0 Å². The van der Waals surface area contributed by atoms with Crippen molar-refractivity contribution >= 4 is 18.1 Å². The van der Waals surface area contributed by atoms with Gasteiger partial charge in [-0.15, -0.1) is 0 Å². The molecule has 0 aliphatic carbocycles. The van der Waals surface area contributed by atoms with E-state index in [4.69, 9.17) is 4.74 Å². The van der Waals surface area contributed by atoms with Gasteiger partial charge in [-0.05, 0) is 53.1 Å². The first-order valence-corrected chi connectivity index (χ1v) is 10.3. The Morgan fingerprint density at radius 2 is 1.64 bits per heavy atom. The zero-order valence-corrected chi connectivity index (χ0v) is 17.4. The van der Waals surface area contributed by atoms with E-state index in [0.717, 1.165) is 43.2 Å². The highest BCUT2D eigenvalue weighted by Gasteiger charge is 2.13. The molecule has 0 N–H and O–H groups in total. The van der Waals surface area contributed by atoms with E-state index < -0.39 is 0 Å². The first-order chi connectivity index (χ1) is 13.7. The van der Waals surface area contributed by atoms with Crippen molar-refractivity contribution in [2.45, 2.75) is 52.4 Å². The molecule has 2 aromatic rings. The highest BCUT2D eigenvalue weighted by atomic mass is 16.5. The molecule has 28 heavy (non-hydrogen) atoms. The maximum absolute atomic E-state index is 12.1. The Labute approximate surface area is 169 Å². The molecule has 0 saturated carbocycles. The number of ether oxygens (including phenoxy) is 1. The van der Waals surface area contributed by atoms with Crippen LogP contribution in [0, 0.1) is 0 Å². The summed E-state index contributed by atoms with van der Waals surface area (Å²) in [5, 5.41) is 0. The van der Waals surface area contributed by atoms with E-state index in [0.29, 0.717) is 6.42 Å². The van der Waals surface area contributed by atoms with Gasteiger partial charge in [0.05, 0.1) is 13.5 Å². The van der Waals surface area contributed by atoms with Crippen molar-refractivity contribution in [1.82, 2.24) is 0 Å². The van der Waals surface area contributed by atoms with Crippen molar-refractivity contribution in [3.8, 4) is 0 Å². The minimum absolute atomic E-state index is 0.201. The van der Waals surface area contributed by atoms with Crippen LogP contribution in [0.15, 0.2) is 54.6 Å². The monoisotopic (exact) mass is 376 g/mol. The molecule has 0 unspecified atom stereocenters. The standard InChI is InChI=1S/C26H32O2/c1-4-6-9-15-22-17-23(16-10-7-5-2)25(19-21-13-11-8-12-14-21)24(18-22)20-26(27)28-3/h8-18H,4-7,19-20H2,1-3H3/b15-9+,16-10+. The van der Waals surface area contributed by atoms with Crippen LogP contribution in [0.1, 0.15) is 67.3 Å². The van der Waals surface area contributed by atoms with Crippen LogP contribution in [0.4, 0.5) is 0 Å². The number of unbranched alkanes of at least 4 members (excludes halogenated alkanes) is 2. The maximum Gasteiger partial charge on any atom is 0.309 e. The second-order valence-corrected chi connectivity index (χ2v) is 7.05. The van der Waals surface area contributed by atoms with Crippen molar-refractivity contribution in [3.63, 3.8) is 0 Å². The molecule has 0 heterocycles. The van der Waals surface area contributed by atoms with Crippen molar-refractivity contribution in [3.05, 3.63) is 82.4 Å². The van der Waals surface area contributed by atoms with Gasteiger partial charge in [-0.1, -0.05) is 87.4 Å². The predicted molar refractivity (Wildman–Crippen MR) is 119 cm³/mol. The largest absolute Gasteiger partial charge is 0.469 e. The summed E-state index contributed by atoms with van der Waals surface area (Å²) in [5.74, 6) is -0.201. The molecule has 0 atom stereocenters. The van der Waals surface area contributed by atoms with Crippen LogP contribution in [0.2, 0.25) is 0 Å². The molecule has 2 aromatic carbocycles. The van der Waals surface area contributed by atoms with Crippen molar-refractivity contribution in [2.24, 2.45) is 0 Å². The van der Waals surface area contributed by atoms with Gasteiger partial charge in [0, 0.05) is 0 Å². The lowest BCUT2D eigenvalue weighted by Crippen LogP contribution is -2.09. The molecule has 0 saturated heterocycles. The van der Waals surface area contributed by atoms with Gasteiger partial charge in [-0.2, -0.15) is 0 Å². The van der Waals surface area contributed by atoms with E-state index in [1.54, 1.807) is 0 Å². The molecule has 2 nitrogen and oxygen atoms in total. The normalized spacial score (nSPS) is 11.4. The number of carbonyl (C=O) groups excluding carboxylic acids is 1. The Morgan fingerprint density at radius 3 is 2.29 bits per heavy atom. The Hall–Kier alpha value is -2.61. The molecule has 2 rings (SSSR count). The molecule has 2 heteroatoms. The average molecular weight is 377 g/mol. The number of methoxy groups -OCH3 is 1. The van der Waals surface area contributed by atoms with E-state index in [1.807, 2.05) is 6.07 Å². The molecule has 0 spiro atoms. The fourth-order valence-corrected chi connectivity index (χ4v) is 3.19. The zero-order chi connectivity index (χ0) is 20.2. The lowest BCUT2D eigenvalue weighted by Gasteiger charge is -2.15. The third-order valence-corrected chi connectivity index (χ3v) is 4.70. The summed E-state index contributed by atoms with van der Waals surface area (Å²) in [7, 11) is 1.45. The van der Waals surface area contributed by atoms with Crippen LogP contribution in [0.3, 0.4) is 0 Å². The van der Waals surface area contributed by atoms with Crippen LogP contribution < -0.4 is 0 Å². The number of allylic oxidation sites excluding steroid dienone is 2. The van der Waals surface area contributed by atoms with Crippen molar-refractivity contribution < 1.29 is 9.53 Å². The summed E-state index contributed by atoms with van der Waals surface area (Å²) in [6.07, 6.45) is 14.2. The van der Waals surface area contributed by atoms with Crippen LogP contribution >= 0.6 is 0 Å². The third-order valence-electron chi connectivity index (χ3n) is 4.70. The minimum Gasteiger partial charge on any atom is -0.469 e. The quantitative estimate of drug-likeness (QED) is 0.436. The number of esters is 1. The summed E-state index contributed by atoms with van der Waals surface area (Å²) in [6, 6.07) is 14.8. The molecule has 0 radical (unpaired) electrons. The highest BCUT2D eigenvalue weighted by molar-refractivity contribution is 5.75. The number of rotatable bonds is 10. The number of benzene rings is 2. The van der Waals surface area contributed by atoms with E-state index in [-0.39, 0.29) is 5.97 Å². The topological polar surface area (TPSA) is 26.3 Å². The molecule has 148 valence electrons. The van der Waals surface area contributed by atoms with Gasteiger partial charge in [0.1, 0.15) is 0 Å². The smallest absolute Gasteiger partial charge is 0.309 e. The van der Waals surface area contributed by atoms with Crippen LogP contribution in [0.25, 0.3) is 12.2 Å². The van der Waals surface area contributed by atoms with Gasteiger partial charge in [0.25, 0.3) is 0 Å². The van der Waals surface area contributed by atoms with Crippen molar-refractivity contribution in [2.75, 3.05) is 7.11 Å². The Morgan fingerprint density at radius 1 is 0.964 bits per heavy atom. The van der Waals surface area contributed by atoms with E-state index >= 15 is 0 Å². The summed E-state index contributed by atoms with van der Waals surface area (Å²) in [4.78, 5) is 12.1. The maximum atomic E-state index is 12.1. The van der Waals surface area contributed by atoms with Gasteiger partial charge >= 0.3 is 5.97 Å². The molecule has 0 aliphatic heterocycles. The molecule has 0 bridgehead atoms. The van der Waals surface area contributed by atoms with Gasteiger partial charge in [-0.25, -0.2) is 0 Å². The highest BCUT2D eigenvalue weighted by Crippen LogP contribution is 2.25. The molecular formula is C26H32O2. The van der Waals surface area contributed by atoms with Crippen LogP contribution in [-0.2, 0) is 22.4 Å². The number of hydrogen-bond acceptors (Lipinski definition) is 2. The Balaban J connectivity index is 2.52. The molecule has 0 aromatic heterocycles. The van der Waals surface area contributed by atoms with E-state index in [1.165, 1.54) is 23.8 Å². The van der Waals surface area contributed by atoms with Gasteiger partial charge in [-0.3, -0.25) is 4.79 Å². The Bertz CT molecular complexity index is 801. The van der Waals surface area contributed by atoms with E-state index in [2.05, 4.69) is 74.5 Å². The minimum atomic E-state index is -0.201. The van der Waals surface area contributed by atoms with Crippen LogP contribution in [-0.4, -0.2) is 13.1 Å². The van der Waals surface area contributed by atoms with Crippen LogP contribution in [0.5, 0.6) is 0 Å². The third kappa shape index (κ3) is 6.84. The molecule has 0 amide bonds.